The smallest absolute Gasteiger partial charge is 0.313 e. The first-order valence-electron chi connectivity index (χ1n) is 16.7. The van der Waals surface area contributed by atoms with Crippen LogP contribution in [0.2, 0.25) is 0 Å². The highest BCUT2D eigenvalue weighted by Gasteiger charge is 2.35. The minimum atomic E-state index is -0.383. The number of piperidine rings is 1. The van der Waals surface area contributed by atoms with Crippen molar-refractivity contribution in [3.8, 4) is 0 Å². The summed E-state index contributed by atoms with van der Waals surface area (Å²) in [4.78, 5) is 65.4. The molecule has 0 bridgehead atoms. The molecule has 0 radical (unpaired) electrons. The first-order valence-corrected chi connectivity index (χ1v) is 16.7. The molecule has 10 heteroatoms. The van der Waals surface area contributed by atoms with E-state index >= 15 is 0 Å². The standard InChI is InChI=1S/C9H15NO2.C9H14O3.2C9H16O2/c1-9(2,3)6-4-7(11)10-8(12)5-6;1-9(2,3)6-4-7(10)12-8(11)5-6;1-9(2,3)7-4-5-8(10)11-6-7;1-9(2,3)7-5-4-6-8(10)11-7/h6H,4-5H2,1-3H3,(H,10,11,12);6H,4-5H2,1-3H3;2*7H,4-6H2,1-3H3. The molecule has 0 aromatic carbocycles. The van der Waals surface area contributed by atoms with Crippen LogP contribution < -0.4 is 5.32 Å². The highest BCUT2D eigenvalue weighted by atomic mass is 16.6. The van der Waals surface area contributed by atoms with Gasteiger partial charge in [0, 0.05) is 38.5 Å². The van der Waals surface area contributed by atoms with Crippen molar-refractivity contribution in [1.82, 2.24) is 5.32 Å². The van der Waals surface area contributed by atoms with Gasteiger partial charge >= 0.3 is 23.9 Å². The molecule has 4 rings (SSSR count). The van der Waals surface area contributed by atoms with Gasteiger partial charge in [-0.05, 0) is 58.7 Å². The summed E-state index contributed by atoms with van der Waals surface area (Å²) in [6, 6.07) is 0. The van der Waals surface area contributed by atoms with Crippen molar-refractivity contribution < 1.29 is 43.0 Å². The van der Waals surface area contributed by atoms with E-state index in [1.165, 1.54) is 0 Å². The minimum absolute atomic E-state index is 0.00903. The molecule has 0 aromatic rings. The topological polar surface area (TPSA) is 142 Å². The molecule has 1 N–H and O–H groups in total. The van der Waals surface area contributed by atoms with Gasteiger partial charge in [-0.25, -0.2) is 0 Å². The quantitative estimate of drug-likeness (QED) is 0.131. The normalized spacial score (nSPS) is 23.6. The Morgan fingerprint density at radius 3 is 1.33 bits per heavy atom. The fourth-order valence-corrected chi connectivity index (χ4v) is 5.33. The van der Waals surface area contributed by atoms with Crippen LogP contribution in [0.1, 0.15) is 141 Å². The summed E-state index contributed by atoms with van der Waals surface area (Å²) in [5.74, 6) is -0.235. The summed E-state index contributed by atoms with van der Waals surface area (Å²) in [7, 11) is 0. The fraction of sp³-hybridized carbons (Fsp3) is 0.833. The molecule has 0 aliphatic carbocycles. The molecule has 2 amide bonds. The lowest BCUT2D eigenvalue weighted by molar-refractivity contribution is -0.167. The molecule has 4 fully saturated rings. The number of hydrogen-bond donors (Lipinski definition) is 1. The van der Waals surface area contributed by atoms with E-state index in [0.717, 1.165) is 19.3 Å². The van der Waals surface area contributed by atoms with Gasteiger partial charge in [0.2, 0.25) is 11.8 Å². The van der Waals surface area contributed by atoms with Crippen LogP contribution >= 0.6 is 0 Å². The molecule has 46 heavy (non-hydrogen) atoms. The zero-order valence-corrected chi connectivity index (χ0v) is 30.6. The second kappa shape index (κ2) is 16.9. The summed E-state index contributed by atoms with van der Waals surface area (Å²) in [5.41, 5.74) is 0.444. The van der Waals surface area contributed by atoms with E-state index in [4.69, 9.17) is 9.47 Å². The molecule has 2 atom stereocenters. The third-order valence-corrected chi connectivity index (χ3v) is 9.10. The average molecular weight is 652 g/mol. The zero-order valence-electron chi connectivity index (χ0n) is 30.6. The van der Waals surface area contributed by atoms with Gasteiger partial charge in [0.05, 0.1) is 6.61 Å². The van der Waals surface area contributed by atoms with Gasteiger partial charge in [0.15, 0.2) is 0 Å². The van der Waals surface area contributed by atoms with Gasteiger partial charge in [-0.3, -0.25) is 34.1 Å². The number of nitrogens with one attached hydrogen (secondary N) is 1. The number of amides is 2. The lowest BCUT2D eigenvalue weighted by Crippen LogP contribution is -2.42. The van der Waals surface area contributed by atoms with Crippen LogP contribution in [0.3, 0.4) is 0 Å². The predicted molar refractivity (Wildman–Crippen MR) is 175 cm³/mol. The average Bonchev–Trinajstić information content (AvgIpc) is 2.87. The van der Waals surface area contributed by atoms with Gasteiger partial charge in [-0.1, -0.05) is 83.1 Å². The summed E-state index contributed by atoms with van der Waals surface area (Å²) in [6.07, 6.45) is 6.03. The first-order chi connectivity index (χ1) is 20.8. The van der Waals surface area contributed by atoms with E-state index in [0.29, 0.717) is 51.0 Å². The summed E-state index contributed by atoms with van der Waals surface area (Å²) in [5, 5.41) is 2.30. The van der Waals surface area contributed by atoms with Crippen LogP contribution in [-0.2, 0) is 43.0 Å². The third-order valence-electron chi connectivity index (χ3n) is 9.10. The van der Waals surface area contributed by atoms with Gasteiger partial charge in [0.1, 0.15) is 6.10 Å². The molecule has 2 unspecified atom stereocenters. The number of esters is 4. The zero-order chi connectivity index (χ0) is 35.7. The Morgan fingerprint density at radius 2 is 0.978 bits per heavy atom. The first kappa shape index (κ1) is 41.2. The Balaban J connectivity index is 0.000000307. The number of imide groups is 1. The Morgan fingerprint density at radius 1 is 0.522 bits per heavy atom. The van der Waals surface area contributed by atoms with Gasteiger partial charge in [-0.15, -0.1) is 0 Å². The molecule has 264 valence electrons. The van der Waals surface area contributed by atoms with Gasteiger partial charge in [0.25, 0.3) is 0 Å². The highest BCUT2D eigenvalue weighted by Crippen LogP contribution is 2.35. The van der Waals surface area contributed by atoms with Crippen molar-refractivity contribution in [2.45, 2.75) is 147 Å². The van der Waals surface area contributed by atoms with E-state index in [1.54, 1.807) is 0 Å². The summed E-state index contributed by atoms with van der Waals surface area (Å²) < 4.78 is 14.6. The molecule has 4 aliphatic rings. The van der Waals surface area contributed by atoms with Crippen molar-refractivity contribution in [3.63, 3.8) is 0 Å². The lowest BCUT2D eigenvalue weighted by atomic mass is 9.75. The van der Waals surface area contributed by atoms with Crippen LogP contribution in [0.15, 0.2) is 0 Å². The second-order valence-electron chi connectivity index (χ2n) is 17.3. The lowest BCUT2D eigenvalue weighted by Gasteiger charge is -2.32. The number of rotatable bonds is 0. The van der Waals surface area contributed by atoms with Crippen molar-refractivity contribution >= 4 is 35.7 Å². The maximum Gasteiger partial charge on any atom is 0.313 e. The fourth-order valence-electron chi connectivity index (χ4n) is 5.33. The molecule has 4 saturated heterocycles. The highest BCUT2D eigenvalue weighted by molar-refractivity contribution is 5.97. The number of cyclic esters (lactones) is 4. The van der Waals surface area contributed by atoms with Gasteiger partial charge in [-0.2, -0.15) is 0 Å². The van der Waals surface area contributed by atoms with E-state index in [1.807, 2.05) is 20.8 Å². The van der Waals surface area contributed by atoms with Crippen molar-refractivity contribution in [2.75, 3.05) is 6.61 Å². The van der Waals surface area contributed by atoms with E-state index < -0.39 is 0 Å². The monoisotopic (exact) mass is 651 g/mol. The van der Waals surface area contributed by atoms with Crippen molar-refractivity contribution in [1.29, 1.82) is 0 Å². The molecular weight excluding hydrogens is 590 g/mol. The SMILES string of the molecule is CC(C)(C)C1CC(=O)NC(=O)C1.CC(C)(C)C1CC(=O)OC(=O)C1.CC(C)(C)C1CCC(=O)OC1.CC(C)(C)C1CCCC(=O)O1. The van der Waals surface area contributed by atoms with Crippen molar-refractivity contribution in [2.24, 2.45) is 39.4 Å². The second-order valence-corrected chi connectivity index (χ2v) is 17.3. The van der Waals surface area contributed by atoms with Crippen LogP contribution in [0.4, 0.5) is 0 Å². The molecule has 0 saturated carbocycles. The number of carbonyl (C=O) groups is 6. The van der Waals surface area contributed by atoms with Crippen LogP contribution in [0.25, 0.3) is 0 Å². The van der Waals surface area contributed by atoms with Crippen LogP contribution in [0, 0.1) is 39.4 Å². The summed E-state index contributed by atoms with van der Waals surface area (Å²) >= 11 is 0. The molecule has 4 aliphatic heterocycles. The Kier molecular flexibility index (Phi) is 15.1. The van der Waals surface area contributed by atoms with Crippen molar-refractivity contribution in [3.05, 3.63) is 0 Å². The molecule has 10 nitrogen and oxygen atoms in total. The molecule has 0 spiro atoms. The molecular formula is C36H61NO9. The summed E-state index contributed by atoms with van der Waals surface area (Å²) in [6.45, 7) is 25.8. The molecule has 0 aromatic heterocycles. The van der Waals surface area contributed by atoms with Gasteiger partial charge < -0.3 is 14.2 Å². The maximum atomic E-state index is 11.0. The largest absolute Gasteiger partial charge is 0.465 e. The number of carbonyl (C=O) groups excluding carboxylic acids is 6. The van der Waals surface area contributed by atoms with E-state index in [-0.39, 0.29) is 75.3 Å². The molecule has 4 heterocycles. The maximum absolute atomic E-state index is 11.0. The number of ether oxygens (including phenoxy) is 3. The van der Waals surface area contributed by atoms with E-state index in [9.17, 15) is 28.8 Å². The Hall–Kier alpha value is -2.78. The third kappa shape index (κ3) is 15.7. The van der Waals surface area contributed by atoms with Crippen LogP contribution in [-0.4, -0.2) is 48.4 Å². The predicted octanol–water partition coefficient (Wildman–Crippen LogP) is 6.71. The van der Waals surface area contributed by atoms with Crippen LogP contribution in [0.5, 0.6) is 0 Å². The van der Waals surface area contributed by atoms with E-state index in [2.05, 4.69) is 72.4 Å². The number of hydrogen-bond acceptors (Lipinski definition) is 9. The Bertz CT molecular complexity index is 993. The minimum Gasteiger partial charge on any atom is -0.465 e. The Labute approximate surface area is 276 Å².